The van der Waals surface area contributed by atoms with Crippen LogP contribution in [0.2, 0.25) is 0 Å². The average Bonchev–Trinajstić information content (AvgIpc) is 2.78. The second kappa shape index (κ2) is 7.27. The van der Waals surface area contributed by atoms with Crippen molar-refractivity contribution in [3.05, 3.63) is 29.3 Å². The number of carbonyl (C=O) groups excluding carboxylic acids is 2. The van der Waals surface area contributed by atoms with Crippen molar-refractivity contribution in [3.63, 3.8) is 0 Å². The van der Waals surface area contributed by atoms with Crippen LogP contribution >= 0.6 is 0 Å². The fourth-order valence-corrected chi connectivity index (χ4v) is 4.10. The van der Waals surface area contributed by atoms with Crippen molar-refractivity contribution in [2.24, 2.45) is 0 Å². The van der Waals surface area contributed by atoms with Crippen molar-refractivity contribution >= 4 is 11.9 Å². The monoisotopic (exact) mass is 360 g/mol. The molecule has 1 N–H and O–H groups in total. The topological polar surface area (TPSA) is 70.1 Å². The number of aliphatic hydroxyl groups excluding tert-OH is 1. The van der Waals surface area contributed by atoms with Crippen LogP contribution in [0.5, 0.6) is 5.75 Å². The molecular formula is C20H28N2O4. The summed E-state index contributed by atoms with van der Waals surface area (Å²) in [4.78, 5) is 28.3. The zero-order chi connectivity index (χ0) is 18.9. The van der Waals surface area contributed by atoms with E-state index in [1.54, 1.807) is 11.9 Å². The molecule has 1 aliphatic heterocycles. The lowest BCUT2D eigenvalue weighted by Gasteiger charge is -2.35. The summed E-state index contributed by atoms with van der Waals surface area (Å²) in [7, 11) is 1.70. The Hall–Kier alpha value is -2.08. The molecule has 1 aromatic rings. The highest BCUT2D eigenvalue weighted by molar-refractivity contribution is 6.07. The van der Waals surface area contributed by atoms with Crippen LogP contribution in [0.3, 0.4) is 0 Å². The number of hydrogen-bond donors (Lipinski definition) is 1. The zero-order valence-electron chi connectivity index (χ0n) is 15.8. The molecule has 6 heteroatoms. The number of aliphatic hydroxyl groups is 1. The van der Waals surface area contributed by atoms with Crippen molar-refractivity contribution in [3.8, 4) is 5.75 Å². The molecule has 142 valence electrons. The largest absolute Gasteiger partial charge is 0.491 e. The number of β-amino-alcohol motifs (C(OH)–C–C–N with tert-alkyl or cyclic N) is 1. The van der Waals surface area contributed by atoms with Gasteiger partial charge < -0.3 is 14.7 Å². The Morgan fingerprint density at radius 3 is 2.54 bits per heavy atom. The van der Waals surface area contributed by atoms with E-state index in [-0.39, 0.29) is 25.1 Å². The minimum atomic E-state index is -0.921. The molecule has 1 saturated carbocycles. The first-order valence-corrected chi connectivity index (χ1v) is 9.33. The van der Waals surface area contributed by atoms with E-state index < -0.39 is 11.6 Å². The first-order valence-electron chi connectivity index (χ1n) is 9.33. The van der Waals surface area contributed by atoms with Gasteiger partial charge in [-0.2, -0.15) is 0 Å². The molecule has 3 amide bonds. The van der Waals surface area contributed by atoms with Crippen molar-refractivity contribution in [1.29, 1.82) is 0 Å². The van der Waals surface area contributed by atoms with E-state index in [0.29, 0.717) is 18.6 Å². The fraction of sp³-hybridized carbons (Fsp3) is 0.600. The van der Waals surface area contributed by atoms with Gasteiger partial charge in [-0.15, -0.1) is 0 Å². The number of imide groups is 1. The van der Waals surface area contributed by atoms with E-state index in [2.05, 4.69) is 0 Å². The van der Waals surface area contributed by atoms with Crippen LogP contribution in [0.15, 0.2) is 18.2 Å². The molecule has 2 fully saturated rings. The summed E-state index contributed by atoms with van der Waals surface area (Å²) in [5.74, 6) is 0.532. The normalized spacial score (nSPS) is 20.8. The number of benzene rings is 1. The molecule has 1 aliphatic carbocycles. The lowest BCUT2D eigenvalue weighted by Crippen LogP contribution is -2.49. The molecule has 1 aromatic carbocycles. The van der Waals surface area contributed by atoms with Gasteiger partial charge in [0, 0.05) is 7.05 Å². The molecule has 0 bridgehead atoms. The van der Waals surface area contributed by atoms with Gasteiger partial charge in [0.05, 0.1) is 6.54 Å². The van der Waals surface area contributed by atoms with Gasteiger partial charge in [-0.1, -0.05) is 37.0 Å². The minimum absolute atomic E-state index is 0.0331. The summed E-state index contributed by atoms with van der Waals surface area (Å²) in [6.07, 6.45) is 3.50. The molecular weight excluding hydrogens is 332 g/mol. The first-order chi connectivity index (χ1) is 12.3. The third-order valence-electron chi connectivity index (χ3n) is 5.64. The zero-order valence-corrected chi connectivity index (χ0v) is 15.8. The van der Waals surface area contributed by atoms with E-state index in [1.165, 1.54) is 4.90 Å². The molecule has 26 heavy (non-hydrogen) atoms. The van der Waals surface area contributed by atoms with E-state index >= 15 is 0 Å². The first kappa shape index (κ1) is 18.7. The Morgan fingerprint density at radius 2 is 1.88 bits per heavy atom. The summed E-state index contributed by atoms with van der Waals surface area (Å²) >= 11 is 0. The molecule has 3 rings (SSSR count). The number of amides is 3. The molecule has 1 saturated heterocycles. The SMILES string of the molecule is Cc1ccc(OCC(O)CN2C(=O)N(C)C3(CCCCC3)C2=O)c(C)c1. The second-order valence-corrected chi connectivity index (χ2v) is 7.58. The number of likely N-dealkylation sites (N-methyl/N-ethyl adjacent to an activating group) is 1. The highest BCUT2D eigenvalue weighted by Crippen LogP contribution is 2.39. The fourth-order valence-electron chi connectivity index (χ4n) is 4.10. The summed E-state index contributed by atoms with van der Waals surface area (Å²) in [5.41, 5.74) is 1.43. The average molecular weight is 360 g/mol. The van der Waals surface area contributed by atoms with Crippen LogP contribution < -0.4 is 4.74 Å². The van der Waals surface area contributed by atoms with Gasteiger partial charge in [-0.05, 0) is 38.3 Å². The number of nitrogens with zero attached hydrogens (tertiary/aromatic N) is 2. The van der Waals surface area contributed by atoms with Crippen LogP contribution in [-0.2, 0) is 4.79 Å². The van der Waals surface area contributed by atoms with Gasteiger partial charge in [0.1, 0.15) is 24.0 Å². The highest BCUT2D eigenvalue weighted by Gasteiger charge is 2.55. The second-order valence-electron chi connectivity index (χ2n) is 7.58. The standard InChI is InChI=1S/C20H28N2O4/c1-14-7-8-17(15(2)11-14)26-13-16(23)12-22-18(24)20(21(3)19(22)25)9-5-4-6-10-20/h7-8,11,16,23H,4-6,9-10,12-13H2,1-3H3. The van der Waals surface area contributed by atoms with Gasteiger partial charge >= 0.3 is 6.03 Å². The predicted octanol–water partition coefficient (Wildman–Crippen LogP) is 2.64. The molecule has 1 atom stereocenters. The Morgan fingerprint density at radius 1 is 1.19 bits per heavy atom. The third-order valence-corrected chi connectivity index (χ3v) is 5.64. The Balaban J connectivity index is 1.62. The van der Waals surface area contributed by atoms with E-state index in [1.807, 2.05) is 32.0 Å². The van der Waals surface area contributed by atoms with Crippen LogP contribution in [0.4, 0.5) is 4.79 Å². The summed E-state index contributed by atoms with van der Waals surface area (Å²) in [6.45, 7) is 3.96. The van der Waals surface area contributed by atoms with E-state index in [4.69, 9.17) is 4.74 Å². The number of aryl methyl sites for hydroxylation is 2. The number of carbonyl (C=O) groups is 2. The Labute approximate surface area is 154 Å². The van der Waals surface area contributed by atoms with Crippen molar-refractivity contribution in [2.75, 3.05) is 20.2 Å². The maximum absolute atomic E-state index is 12.9. The van der Waals surface area contributed by atoms with E-state index in [0.717, 1.165) is 30.4 Å². The number of urea groups is 1. The molecule has 0 radical (unpaired) electrons. The summed E-state index contributed by atoms with van der Waals surface area (Å²) in [6, 6.07) is 5.51. The predicted molar refractivity (Wildman–Crippen MR) is 98.1 cm³/mol. The molecule has 6 nitrogen and oxygen atoms in total. The van der Waals surface area contributed by atoms with Gasteiger partial charge in [-0.25, -0.2) is 4.79 Å². The molecule has 0 aromatic heterocycles. The van der Waals surface area contributed by atoms with Gasteiger partial charge in [-0.3, -0.25) is 9.69 Å². The van der Waals surface area contributed by atoms with Crippen LogP contribution in [0, 0.1) is 13.8 Å². The summed E-state index contributed by atoms with van der Waals surface area (Å²) < 4.78 is 5.69. The smallest absolute Gasteiger partial charge is 0.327 e. The van der Waals surface area contributed by atoms with E-state index in [9.17, 15) is 14.7 Å². The maximum Gasteiger partial charge on any atom is 0.327 e. The Kier molecular flexibility index (Phi) is 5.23. The van der Waals surface area contributed by atoms with Crippen molar-refractivity contribution in [1.82, 2.24) is 9.80 Å². The highest BCUT2D eigenvalue weighted by atomic mass is 16.5. The van der Waals surface area contributed by atoms with Crippen LogP contribution in [-0.4, -0.2) is 58.7 Å². The van der Waals surface area contributed by atoms with Gasteiger partial charge in [0.25, 0.3) is 5.91 Å². The van der Waals surface area contributed by atoms with Crippen molar-refractivity contribution < 1.29 is 19.4 Å². The Bertz CT molecular complexity index is 697. The maximum atomic E-state index is 12.9. The lowest BCUT2D eigenvalue weighted by atomic mass is 9.81. The molecule has 1 spiro atoms. The number of hydrogen-bond acceptors (Lipinski definition) is 4. The minimum Gasteiger partial charge on any atom is -0.491 e. The van der Waals surface area contributed by atoms with Crippen molar-refractivity contribution in [2.45, 2.75) is 57.6 Å². The van der Waals surface area contributed by atoms with Crippen LogP contribution in [0.1, 0.15) is 43.2 Å². The van der Waals surface area contributed by atoms with Crippen LogP contribution in [0.25, 0.3) is 0 Å². The molecule has 2 aliphatic rings. The molecule has 1 unspecified atom stereocenters. The van der Waals surface area contributed by atoms with Gasteiger partial charge in [0.15, 0.2) is 0 Å². The summed E-state index contributed by atoms with van der Waals surface area (Å²) in [5, 5.41) is 10.3. The molecule has 1 heterocycles. The lowest BCUT2D eigenvalue weighted by molar-refractivity contribution is -0.135. The van der Waals surface area contributed by atoms with Gasteiger partial charge in [0.2, 0.25) is 0 Å². The third kappa shape index (κ3) is 3.30. The number of ether oxygens (including phenoxy) is 1. The number of rotatable bonds is 5. The quantitative estimate of drug-likeness (QED) is 0.820.